The molecule has 2 aromatic carbocycles. The lowest BCUT2D eigenvalue weighted by atomic mass is 9.85. The van der Waals surface area contributed by atoms with Gasteiger partial charge in [0.2, 0.25) is 11.8 Å². The standard InChI is InChI=1S/C32H39ClFN5O2/c1-41-29-14-9-22(20-37-29)30(21-7-10-23(33)11-8-21)31(35)32(40)38-28-6-2-5-27(34)26(28)13-12-25-15-17-36-24-4-3-18-39(25)19-16-24/h2,5-11,14,20,24-25,30-31,36H,3-4,12-13,15-19,35H2,1H3,(H,38,40)/t24?,25?,30-,31-/m0/s1. The molecule has 3 heterocycles. The van der Waals surface area contributed by atoms with Gasteiger partial charge in [-0.1, -0.05) is 35.9 Å². The highest BCUT2D eigenvalue weighted by Gasteiger charge is 2.30. The van der Waals surface area contributed by atoms with E-state index in [2.05, 4.69) is 20.5 Å². The lowest BCUT2D eigenvalue weighted by Crippen LogP contribution is -2.43. The van der Waals surface area contributed by atoms with E-state index in [0.29, 0.717) is 40.7 Å². The topological polar surface area (TPSA) is 92.5 Å². The van der Waals surface area contributed by atoms with Crippen LogP contribution in [0, 0.1) is 5.82 Å². The summed E-state index contributed by atoms with van der Waals surface area (Å²) in [5, 5.41) is 7.24. The van der Waals surface area contributed by atoms with Gasteiger partial charge in [0.15, 0.2) is 0 Å². The zero-order chi connectivity index (χ0) is 28.8. The van der Waals surface area contributed by atoms with Crippen molar-refractivity contribution in [2.24, 2.45) is 5.73 Å². The number of rotatable bonds is 9. The van der Waals surface area contributed by atoms with Gasteiger partial charge in [0, 0.05) is 46.5 Å². The molecule has 5 atom stereocenters. The number of hydrogen-bond acceptors (Lipinski definition) is 6. The van der Waals surface area contributed by atoms with Crippen LogP contribution < -0.4 is 21.1 Å². The van der Waals surface area contributed by atoms with Crippen molar-refractivity contribution in [2.45, 2.75) is 62.6 Å². The summed E-state index contributed by atoms with van der Waals surface area (Å²) in [5.41, 5.74) is 9.20. The Morgan fingerprint density at radius 2 is 1.95 bits per heavy atom. The summed E-state index contributed by atoms with van der Waals surface area (Å²) in [6.45, 7) is 3.14. The summed E-state index contributed by atoms with van der Waals surface area (Å²) in [6.07, 6.45) is 7.62. The molecule has 2 fully saturated rings. The number of aromatic nitrogens is 1. The Bertz CT molecular complexity index is 1310. The van der Waals surface area contributed by atoms with E-state index in [9.17, 15) is 4.79 Å². The molecule has 0 saturated carbocycles. The number of amides is 1. The Hall–Kier alpha value is -3.04. The summed E-state index contributed by atoms with van der Waals surface area (Å²) >= 11 is 6.13. The van der Waals surface area contributed by atoms with E-state index in [1.165, 1.54) is 18.9 Å². The fourth-order valence-corrected chi connectivity index (χ4v) is 6.36. The highest BCUT2D eigenvalue weighted by atomic mass is 35.5. The average Bonchev–Trinajstić information content (AvgIpc) is 3.16. The third-order valence-corrected chi connectivity index (χ3v) is 8.76. The van der Waals surface area contributed by atoms with Crippen LogP contribution in [0.2, 0.25) is 5.02 Å². The molecule has 7 nitrogen and oxygen atoms in total. The van der Waals surface area contributed by atoms with Crippen LogP contribution in [0.5, 0.6) is 5.88 Å². The highest BCUT2D eigenvalue weighted by molar-refractivity contribution is 6.30. The molecule has 2 aliphatic rings. The molecule has 3 unspecified atom stereocenters. The molecule has 1 amide bonds. The summed E-state index contributed by atoms with van der Waals surface area (Å²) in [5.74, 6) is -0.755. The van der Waals surface area contributed by atoms with Gasteiger partial charge < -0.3 is 26.0 Å². The second kappa shape index (κ2) is 13.7. The minimum atomic E-state index is -0.968. The Kier molecular flexibility index (Phi) is 9.88. The summed E-state index contributed by atoms with van der Waals surface area (Å²) in [4.78, 5) is 20.5. The predicted octanol–water partition coefficient (Wildman–Crippen LogP) is 5.13. The first-order valence-electron chi connectivity index (χ1n) is 14.5. The number of methoxy groups -OCH3 is 1. The Morgan fingerprint density at radius 3 is 2.71 bits per heavy atom. The highest BCUT2D eigenvalue weighted by Crippen LogP contribution is 2.31. The first kappa shape index (κ1) is 29.5. The van der Waals surface area contributed by atoms with E-state index in [1.54, 1.807) is 43.6 Å². The number of halogens is 2. The van der Waals surface area contributed by atoms with Crippen molar-refractivity contribution in [3.8, 4) is 5.88 Å². The van der Waals surface area contributed by atoms with Crippen LogP contribution in [0.1, 0.15) is 54.7 Å². The molecule has 3 aromatic rings. The third kappa shape index (κ3) is 7.25. The molecule has 9 heteroatoms. The predicted molar refractivity (Wildman–Crippen MR) is 161 cm³/mol. The van der Waals surface area contributed by atoms with Crippen LogP contribution in [0.4, 0.5) is 10.1 Å². The van der Waals surface area contributed by atoms with Crippen molar-refractivity contribution >= 4 is 23.2 Å². The summed E-state index contributed by atoms with van der Waals surface area (Å²) in [6, 6.07) is 15.7. The minimum Gasteiger partial charge on any atom is -0.481 e. The smallest absolute Gasteiger partial charge is 0.242 e. The maximum absolute atomic E-state index is 15.2. The monoisotopic (exact) mass is 579 g/mol. The normalized spacial score (nSPS) is 22.2. The number of carbonyl (C=O) groups excluding carboxylic acids is 1. The SMILES string of the molecule is COc1ccc([C@H](c2ccc(Cl)cc2)[C@H](N)C(=O)Nc2cccc(F)c2CCC2CCNC3CCCN2CC3)cn1. The number of fused-ring (bicyclic) bond motifs is 3. The van der Waals surface area contributed by atoms with E-state index in [0.717, 1.165) is 50.0 Å². The molecule has 0 spiro atoms. The second-order valence-electron chi connectivity index (χ2n) is 11.0. The van der Waals surface area contributed by atoms with Crippen LogP contribution in [0.3, 0.4) is 0 Å². The molecule has 41 heavy (non-hydrogen) atoms. The molecule has 4 N–H and O–H groups in total. The Balaban J connectivity index is 1.34. The van der Waals surface area contributed by atoms with E-state index >= 15 is 4.39 Å². The zero-order valence-electron chi connectivity index (χ0n) is 23.5. The average molecular weight is 580 g/mol. The van der Waals surface area contributed by atoms with Gasteiger partial charge in [-0.05, 0) is 93.6 Å². The van der Waals surface area contributed by atoms with Gasteiger partial charge in [0.05, 0.1) is 13.2 Å². The van der Waals surface area contributed by atoms with E-state index in [-0.39, 0.29) is 5.82 Å². The number of benzene rings is 2. The van der Waals surface area contributed by atoms with Crippen LogP contribution >= 0.6 is 11.6 Å². The third-order valence-electron chi connectivity index (χ3n) is 8.51. The number of hydrogen-bond donors (Lipinski definition) is 3. The van der Waals surface area contributed by atoms with Gasteiger partial charge in [0.25, 0.3) is 0 Å². The van der Waals surface area contributed by atoms with Crippen LogP contribution in [-0.2, 0) is 11.2 Å². The lowest BCUT2D eigenvalue weighted by Gasteiger charge is -2.33. The number of nitrogens with zero attached hydrogens (tertiary/aromatic N) is 2. The van der Waals surface area contributed by atoms with Crippen LogP contribution in [0.25, 0.3) is 0 Å². The van der Waals surface area contributed by atoms with Gasteiger partial charge in [-0.2, -0.15) is 0 Å². The molecular formula is C32H39ClFN5O2. The van der Waals surface area contributed by atoms with Gasteiger partial charge in [-0.3, -0.25) is 4.79 Å². The number of nitrogens with two attached hydrogens (primary N) is 1. The van der Waals surface area contributed by atoms with Crippen LogP contribution in [-0.4, -0.2) is 60.7 Å². The maximum atomic E-state index is 15.2. The van der Waals surface area contributed by atoms with E-state index in [4.69, 9.17) is 22.1 Å². The number of carbonyl (C=O) groups is 1. The van der Waals surface area contributed by atoms with Crippen molar-refractivity contribution in [3.05, 3.63) is 88.3 Å². The summed E-state index contributed by atoms with van der Waals surface area (Å²) < 4.78 is 20.4. The minimum absolute atomic E-state index is 0.315. The molecule has 5 rings (SSSR count). The van der Waals surface area contributed by atoms with E-state index in [1.807, 2.05) is 18.2 Å². The number of nitrogens with one attached hydrogen (secondary N) is 2. The van der Waals surface area contributed by atoms with Gasteiger partial charge in [-0.25, -0.2) is 9.37 Å². The van der Waals surface area contributed by atoms with Gasteiger partial charge in [0.1, 0.15) is 5.82 Å². The Morgan fingerprint density at radius 1 is 1.15 bits per heavy atom. The van der Waals surface area contributed by atoms with Crippen molar-refractivity contribution in [1.82, 2.24) is 15.2 Å². The fraction of sp³-hybridized carbons (Fsp3) is 0.438. The zero-order valence-corrected chi connectivity index (χ0v) is 24.2. The largest absolute Gasteiger partial charge is 0.481 e. The van der Waals surface area contributed by atoms with Crippen LogP contribution in [0.15, 0.2) is 60.8 Å². The lowest BCUT2D eigenvalue weighted by molar-refractivity contribution is -0.117. The molecule has 2 saturated heterocycles. The fourth-order valence-electron chi connectivity index (χ4n) is 6.23. The molecule has 0 aliphatic carbocycles. The Labute approximate surface area is 246 Å². The number of pyridine rings is 1. The summed E-state index contributed by atoms with van der Waals surface area (Å²) in [7, 11) is 1.55. The van der Waals surface area contributed by atoms with Crippen molar-refractivity contribution < 1.29 is 13.9 Å². The second-order valence-corrected chi connectivity index (χ2v) is 11.5. The molecular weight excluding hydrogens is 541 g/mol. The molecule has 1 aromatic heterocycles. The van der Waals surface area contributed by atoms with Crippen molar-refractivity contribution in [2.75, 3.05) is 32.1 Å². The van der Waals surface area contributed by atoms with Gasteiger partial charge in [-0.15, -0.1) is 0 Å². The van der Waals surface area contributed by atoms with Gasteiger partial charge >= 0.3 is 0 Å². The molecule has 2 bridgehead atoms. The number of ether oxygens (including phenoxy) is 1. The molecule has 218 valence electrons. The number of anilines is 1. The van der Waals surface area contributed by atoms with Crippen molar-refractivity contribution in [1.29, 1.82) is 0 Å². The maximum Gasteiger partial charge on any atom is 0.242 e. The first-order valence-corrected chi connectivity index (χ1v) is 14.9. The quantitative estimate of drug-likeness (QED) is 0.325. The van der Waals surface area contributed by atoms with E-state index < -0.39 is 17.9 Å². The molecule has 2 aliphatic heterocycles. The van der Waals surface area contributed by atoms with Crippen molar-refractivity contribution in [3.63, 3.8) is 0 Å². The first-order chi connectivity index (χ1) is 19.9. The molecule has 0 radical (unpaired) electrons.